The van der Waals surface area contributed by atoms with Crippen LogP contribution in [0.25, 0.3) is 17.5 Å². The molecule has 7 nitrogen and oxygen atoms in total. The Kier molecular flexibility index (Phi) is 6.22. The molecule has 2 aliphatic rings. The van der Waals surface area contributed by atoms with Crippen molar-refractivity contribution in [2.24, 2.45) is 0 Å². The second-order valence-electron chi connectivity index (χ2n) is 8.10. The molecule has 3 aromatic rings. The monoisotopic (exact) mass is 462 g/mol. The molecule has 0 amide bonds. The second-order valence-corrected chi connectivity index (χ2v) is 9.92. The highest BCUT2D eigenvalue weighted by Gasteiger charge is 2.30. The lowest BCUT2D eigenvalue weighted by Crippen LogP contribution is -2.40. The van der Waals surface area contributed by atoms with Crippen LogP contribution in [-0.2, 0) is 27.7 Å². The topological polar surface area (TPSA) is 75.6 Å². The number of aromatic nitrogens is 2. The molecule has 1 fully saturated rings. The fourth-order valence-corrected chi connectivity index (χ4v) is 5.31. The molecule has 33 heavy (non-hydrogen) atoms. The molecule has 1 saturated heterocycles. The Morgan fingerprint density at radius 1 is 0.879 bits per heavy atom. The number of ether oxygens (including phenoxy) is 1. The lowest BCUT2D eigenvalue weighted by atomic mass is 10.1. The number of hydrogen-bond acceptors (Lipinski definition) is 6. The number of fused-ring (bicyclic) bond motifs is 1. The molecule has 3 heterocycles. The van der Waals surface area contributed by atoms with Crippen molar-refractivity contribution < 1.29 is 13.2 Å². The van der Waals surface area contributed by atoms with Crippen LogP contribution in [0.15, 0.2) is 66.1 Å². The second kappa shape index (κ2) is 9.43. The average Bonchev–Trinajstić information content (AvgIpc) is 2.88. The quantitative estimate of drug-likeness (QED) is 0.579. The molecule has 0 N–H and O–H groups in total. The van der Waals surface area contributed by atoms with Gasteiger partial charge in [0.1, 0.15) is 5.82 Å². The number of morpholine rings is 1. The molecule has 2 aromatic carbocycles. The van der Waals surface area contributed by atoms with Crippen LogP contribution in [-0.4, -0.2) is 55.5 Å². The van der Waals surface area contributed by atoms with Crippen LogP contribution >= 0.6 is 0 Å². The van der Waals surface area contributed by atoms with Crippen molar-refractivity contribution in [3.05, 3.63) is 82.9 Å². The maximum absolute atomic E-state index is 13.1. The fourth-order valence-electron chi connectivity index (χ4n) is 4.16. The molecular weight excluding hydrogens is 436 g/mol. The number of rotatable bonds is 5. The molecule has 0 aliphatic carbocycles. The van der Waals surface area contributed by atoms with Crippen molar-refractivity contribution in [3.8, 4) is 11.4 Å². The Balaban J connectivity index is 1.49. The third-order valence-corrected chi connectivity index (χ3v) is 7.45. The molecule has 0 radical (unpaired) electrons. The number of nitrogens with zero attached hydrogens (tertiary/aromatic N) is 4. The van der Waals surface area contributed by atoms with E-state index >= 15 is 0 Å². The minimum Gasteiger partial charge on any atom is -0.378 e. The van der Waals surface area contributed by atoms with Gasteiger partial charge >= 0.3 is 0 Å². The lowest BCUT2D eigenvalue weighted by Gasteiger charge is -2.34. The van der Waals surface area contributed by atoms with Crippen LogP contribution in [0.1, 0.15) is 16.8 Å². The van der Waals surface area contributed by atoms with Crippen LogP contribution in [0.2, 0.25) is 0 Å². The standard InChI is InChI=1S/C25H26N4O3S/c30-33(31,18-12-20-7-3-1-4-8-20)29-13-11-23-22(19-29)25(28-14-16-32-17-15-28)27-24(26-23)21-9-5-2-6-10-21/h1-10,12,18H,11,13-17,19H2/b18-12+. The Morgan fingerprint density at radius 2 is 1.58 bits per heavy atom. The van der Waals surface area contributed by atoms with E-state index in [9.17, 15) is 8.42 Å². The van der Waals surface area contributed by atoms with Crippen LogP contribution in [0, 0.1) is 0 Å². The average molecular weight is 463 g/mol. The van der Waals surface area contributed by atoms with E-state index in [1.54, 1.807) is 6.08 Å². The van der Waals surface area contributed by atoms with E-state index in [-0.39, 0.29) is 6.54 Å². The van der Waals surface area contributed by atoms with Crippen molar-refractivity contribution in [2.75, 3.05) is 37.7 Å². The third-order valence-electron chi connectivity index (χ3n) is 5.94. The van der Waals surface area contributed by atoms with Crippen molar-refractivity contribution in [1.29, 1.82) is 0 Å². The highest BCUT2D eigenvalue weighted by Crippen LogP contribution is 2.31. The minimum absolute atomic E-state index is 0.262. The van der Waals surface area contributed by atoms with Gasteiger partial charge in [0.2, 0.25) is 10.0 Å². The first kappa shape index (κ1) is 21.8. The molecule has 5 rings (SSSR count). The van der Waals surface area contributed by atoms with Gasteiger partial charge in [0.05, 0.1) is 18.9 Å². The van der Waals surface area contributed by atoms with Gasteiger partial charge in [-0.2, -0.15) is 4.31 Å². The lowest BCUT2D eigenvalue weighted by molar-refractivity contribution is 0.122. The van der Waals surface area contributed by atoms with Gasteiger partial charge < -0.3 is 9.64 Å². The molecular formula is C25H26N4O3S. The van der Waals surface area contributed by atoms with Crippen LogP contribution in [0.5, 0.6) is 0 Å². The molecule has 0 saturated carbocycles. The van der Waals surface area contributed by atoms with Gasteiger partial charge in [0.25, 0.3) is 0 Å². The number of anilines is 1. The highest BCUT2D eigenvalue weighted by molar-refractivity contribution is 7.92. The maximum Gasteiger partial charge on any atom is 0.236 e. The van der Waals surface area contributed by atoms with Crippen molar-refractivity contribution in [2.45, 2.75) is 13.0 Å². The maximum atomic E-state index is 13.1. The van der Waals surface area contributed by atoms with Crippen molar-refractivity contribution in [1.82, 2.24) is 14.3 Å². The summed E-state index contributed by atoms with van der Waals surface area (Å²) in [5.41, 5.74) is 3.61. The molecule has 0 bridgehead atoms. The third kappa shape index (κ3) is 4.83. The van der Waals surface area contributed by atoms with Gasteiger partial charge in [-0.1, -0.05) is 60.7 Å². The van der Waals surface area contributed by atoms with E-state index < -0.39 is 10.0 Å². The van der Waals surface area contributed by atoms with Crippen LogP contribution in [0.3, 0.4) is 0 Å². The molecule has 0 unspecified atom stereocenters. The summed E-state index contributed by atoms with van der Waals surface area (Å²) in [5, 5.41) is 1.29. The zero-order valence-electron chi connectivity index (χ0n) is 18.3. The first-order valence-corrected chi connectivity index (χ1v) is 12.6. The minimum atomic E-state index is -3.58. The smallest absolute Gasteiger partial charge is 0.236 e. The predicted octanol–water partition coefficient (Wildman–Crippen LogP) is 3.34. The Labute approximate surface area is 194 Å². The number of benzene rings is 2. The molecule has 8 heteroatoms. The van der Waals surface area contributed by atoms with E-state index in [2.05, 4.69) is 4.90 Å². The van der Waals surface area contributed by atoms with Gasteiger partial charge in [-0.05, 0) is 11.6 Å². The first-order chi connectivity index (χ1) is 16.1. The largest absolute Gasteiger partial charge is 0.378 e. The van der Waals surface area contributed by atoms with Crippen molar-refractivity contribution in [3.63, 3.8) is 0 Å². The van der Waals surface area contributed by atoms with E-state index in [0.717, 1.165) is 41.3 Å². The van der Waals surface area contributed by atoms with Crippen LogP contribution < -0.4 is 4.90 Å². The fraction of sp³-hybridized carbons (Fsp3) is 0.280. The summed E-state index contributed by atoms with van der Waals surface area (Å²) < 4.78 is 33.3. The summed E-state index contributed by atoms with van der Waals surface area (Å²) in [4.78, 5) is 11.9. The Morgan fingerprint density at radius 3 is 2.30 bits per heavy atom. The zero-order valence-corrected chi connectivity index (χ0v) is 19.1. The van der Waals surface area contributed by atoms with E-state index in [0.29, 0.717) is 32.0 Å². The molecule has 170 valence electrons. The summed E-state index contributed by atoms with van der Waals surface area (Å²) >= 11 is 0. The van der Waals surface area contributed by atoms with Gasteiger partial charge in [-0.3, -0.25) is 0 Å². The number of hydrogen-bond donors (Lipinski definition) is 0. The summed E-state index contributed by atoms with van der Waals surface area (Å²) in [5.74, 6) is 1.49. The van der Waals surface area contributed by atoms with Crippen LogP contribution in [0.4, 0.5) is 5.82 Å². The van der Waals surface area contributed by atoms with E-state index in [1.165, 1.54) is 9.71 Å². The summed E-state index contributed by atoms with van der Waals surface area (Å²) in [7, 11) is -3.58. The Hall–Kier alpha value is -3.07. The van der Waals surface area contributed by atoms with E-state index in [4.69, 9.17) is 14.7 Å². The molecule has 0 atom stereocenters. The molecule has 2 aliphatic heterocycles. The number of sulfonamides is 1. The zero-order chi connectivity index (χ0) is 22.7. The van der Waals surface area contributed by atoms with Crippen molar-refractivity contribution >= 4 is 21.9 Å². The SMILES string of the molecule is O=S(=O)(/C=C/c1ccccc1)N1CCc2nc(-c3ccccc3)nc(N3CCOCC3)c2C1. The normalized spacial score (nSPS) is 17.3. The van der Waals surface area contributed by atoms with Gasteiger partial charge in [0, 0.05) is 49.1 Å². The van der Waals surface area contributed by atoms with Gasteiger partial charge in [-0.15, -0.1) is 0 Å². The summed E-state index contributed by atoms with van der Waals surface area (Å²) in [6, 6.07) is 19.4. The first-order valence-electron chi connectivity index (χ1n) is 11.1. The highest BCUT2D eigenvalue weighted by atomic mass is 32.2. The van der Waals surface area contributed by atoms with Gasteiger partial charge in [0.15, 0.2) is 5.82 Å². The van der Waals surface area contributed by atoms with E-state index in [1.807, 2.05) is 60.7 Å². The summed E-state index contributed by atoms with van der Waals surface area (Å²) in [6.45, 7) is 3.35. The Bertz CT molecular complexity index is 1240. The molecule has 0 spiro atoms. The molecule has 1 aromatic heterocycles. The predicted molar refractivity (Wildman–Crippen MR) is 129 cm³/mol. The van der Waals surface area contributed by atoms with Gasteiger partial charge in [-0.25, -0.2) is 18.4 Å². The summed E-state index contributed by atoms with van der Waals surface area (Å²) in [6.07, 6.45) is 2.19.